The van der Waals surface area contributed by atoms with Crippen LogP contribution >= 0.6 is 0 Å². The molecule has 1 saturated heterocycles. The highest BCUT2D eigenvalue weighted by Gasteiger charge is 2.59. The van der Waals surface area contributed by atoms with Crippen LogP contribution in [-0.2, 0) is 17.0 Å². The SMILES string of the molecule is C[C@H]1C[C@@]2(C)O[C@](C)(C3c4ccccc4-c4c5c(c6c7ccccc7n2c6c43)C(=O)NC5)[C@H]1C. The Morgan fingerprint density at radius 2 is 1.79 bits per heavy atom. The van der Waals surface area contributed by atoms with E-state index in [0.29, 0.717) is 18.4 Å². The molecule has 5 atom stereocenters. The summed E-state index contributed by atoms with van der Waals surface area (Å²) in [4.78, 5) is 13.4. The van der Waals surface area contributed by atoms with E-state index in [4.69, 9.17) is 4.74 Å². The monoisotopic (exact) mass is 448 g/mol. The Morgan fingerprint density at radius 1 is 1.03 bits per heavy atom. The highest BCUT2D eigenvalue weighted by molar-refractivity contribution is 6.23. The number of para-hydroxylation sites is 1. The van der Waals surface area contributed by atoms with Gasteiger partial charge in [-0.15, -0.1) is 0 Å². The van der Waals surface area contributed by atoms with Crippen LogP contribution in [0.25, 0.3) is 32.9 Å². The van der Waals surface area contributed by atoms with Crippen molar-refractivity contribution in [1.82, 2.24) is 9.88 Å². The molecule has 3 aliphatic heterocycles. The highest BCUT2D eigenvalue weighted by atomic mass is 16.5. The average molecular weight is 449 g/mol. The number of nitrogens with zero attached hydrogens (tertiary/aromatic N) is 1. The van der Waals surface area contributed by atoms with Crippen molar-refractivity contribution in [2.45, 2.75) is 57.9 Å². The second-order valence-electron chi connectivity index (χ2n) is 11.4. The first-order chi connectivity index (χ1) is 16.3. The molecule has 0 radical (unpaired) electrons. The van der Waals surface area contributed by atoms with E-state index >= 15 is 0 Å². The van der Waals surface area contributed by atoms with Gasteiger partial charge < -0.3 is 14.6 Å². The fraction of sp³-hybridized carbons (Fsp3) is 0.367. The van der Waals surface area contributed by atoms with E-state index in [0.717, 1.165) is 33.8 Å². The molecule has 4 heteroatoms. The summed E-state index contributed by atoms with van der Waals surface area (Å²) in [5.41, 5.74) is 8.81. The minimum absolute atomic E-state index is 0.0490. The van der Waals surface area contributed by atoms with Crippen molar-refractivity contribution in [1.29, 1.82) is 0 Å². The molecule has 1 aliphatic carbocycles. The average Bonchev–Trinajstić information content (AvgIpc) is 3.45. The predicted molar refractivity (Wildman–Crippen MR) is 134 cm³/mol. The molecule has 1 amide bonds. The summed E-state index contributed by atoms with van der Waals surface area (Å²) in [5, 5.41) is 5.43. The van der Waals surface area contributed by atoms with Crippen molar-refractivity contribution < 1.29 is 9.53 Å². The molecule has 1 N–H and O–H groups in total. The van der Waals surface area contributed by atoms with Crippen LogP contribution in [0.5, 0.6) is 0 Å². The third-order valence-electron chi connectivity index (χ3n) is 9.68. The molecule has 8 rings (SSSR count). The van der Waals surface area contributed by atoms with Crippen LogP contribution in [0.3, 0.4) is 0 Å². The number of nitrogens with one attached hydrogen (secondary N) is 1. The molecule has 170 valence electrons. The first-order valence-corrected chi connectivity index (χ1v) is 12.5. The fourth-order valence-electron chi connectivity index (χ4n) is 8.20. The molecule has 4 nitrogen and oxygen atoms in total. The molecule has 34 heavy (non-hydrogen) atoms. The second-order valence-corrected chi connectivity index (χ2v) is 11.4. The van der Waals surface area contributed by atoms with Gasteiger partial charge in [-0.3, -0.25) is 4.79 Å². The lowest BCUT2D eigenvalue weighted by atomic mass is 9.66. The van der Waals surface area contributed by atoms with Crippen LogP contribution in [0.2, 0.25) is 0 Å². The number of amides is 1. The Bertz CT molecular complexity index is 1610. The van der Waals surface area contributed by atoms with E-state index in [2.05, 4.69) is 86.1 Å². The van der Waals surface area contributed by atoms with E-state index in [-0.39, 0.29) is 17.4 Å². The van der Waals surface area contributed by atoms with Crippen molar-refractivity contribution in [2.24, 2.45) is 11.8 Å². The van der Waals surface area contributed by atoms with Gasteiger partial charge in [0.1, 0.15) is 5.72 Å². The molecule has 4 heterocycles. The zero-order chi connectivity index (χ0) is 23.1. The van der Waals surface area contributed by atoms with Gasteiger partial charge in [0.25, 0.3) is 5.91 Å². The van der Waals surface area contributed by atoms with Crippen LogP contribution in [0.15, 0.2) is 48.5 Å². The number of ether oxygens (including phenoxy) is 1. The number of aromatic nitrogens is 1. The van der Waals surface area contributed by atoms with Crippen molar-refractivity contribution in [2.75, 3.05) is 0 Å². The summed E-state index contributed by atoms with van der Waals surface area (Å²) in [5.74, 6) is 1.07. The molecule has 1 aromatic heterocycles. The van der Waals surface area contributed by atoms with Gasteiger partial charge in [-0.2, -0.15) is 0 Å². The van der Waals surface area contributed by atoms with Crippen LogP contribution in [0.1, 0.15) is 67.1 Å². The minimum atomic E-state index is -0.488. The maximum absolute atomic E-state index is 13.4. The Hall–Kier alpha value is -3.11. The van der Waals surface area contributed by atoms with Gasteiger partial charge in [0.2, 0.25) is 0 Å². The summed E-state index contributed by atoms with van der Waals surface area (Å²) >= 11 is 0. The first kappa shape index (κ1) is 19.2. The maximum Gasteiger partial charge on any atom is 0.252 e. The lowest BCUT2D eigenvalue weighted by Gasteiger charge is -2.53. The smallest absolute Gasteiger partial charge is 0.252 e. The molecular weight excluding hydrogens is 420 g/mol. The largest absolute Gasteiger partial charge is 0.348 e. The van der Waals surface area contributed by atoms with Crippen molar-refractivity contribution in [3.05, 3.63) is 70.8 Å². The molecule has 1 fully saturated rings. The van der Waals surface area contributed by atoms with Crippen LogP contribution in [-0.4, -0.2) is 16.1 Å². The van der Waals surface area contributed by atoms with Crippen molar-refractivity contribution in [3.8, 4) is 11.1 Å². The Morgan fingerprint density at radius 3 is 2.65 bits per heavy atom. The highest BCUT2D eigenvalue weighted by Crippen LogP contribution is 2.64. The molecule has 4 aliphatic rings. The number of fused-ring (bicyclic) bond motifs is 13. The molecule has 1 unspecified atom stereocenters. The molecule has 2 bridgehead atoms. The lowest BCUT2D eigenvalue weighted by Crippen LogP contribution is -2.55. The van der Waals surface area contributed by atoms with Crippen molar-refractivity contribution in [3.63, 3.8) is 0 Å². The van der Waals surface area contributed by atoms with Gasteiger partial charge in [-0.05, 0) is 66.0 Å². The number of hydrogen-bond acceptors (Lipinski definition) is 2. The van der Waals surface area contributed by atoms with E-state index in [9.17, 15) is 4.79 Å². The van der Waals surface area contributed by atoms with E-state index in [1.165, 1.54) is 27.8 Å². The quantitative estimate of drug-likeness (QED) is 0.344. The van der Waals surface area contributed by atoms with E-state index in [1.54, 1.807) is 0 Å². The van der Waals surface area contributed by atoms with Crippen LogP contribution < -0.4 is 5.32 Å². The van der Waals surface area contributed by atoms with Gasteiger partial charge in [-0.25, -0.2) is 0 Å². The number of rotatable bonds is 0. The zero-order valence-corrected chi connectivity index (χ0v) is 20.0. The number of benzene rings is 3. The van der Waals surface area contributed by atoms with Gasteiger partial charge in [0.05, 0.1) is 22.2 Å². The van der Waals surface area contributed by atoms with E-state index < -0.39 is 5.72 Å². The first-order valence-electron chi connectivity index (χ1n) is 12.5. The normalized spacial score (nSPS) is 32.6. The summed E-state index contributed by atoms with van der Waals surface area (Å²) in [6.45, 7) is 9.97. The fourth-order valence-corrected chi connectivity index (χ4v) is 8.20. The Labute approximate surface area is 198 Å². The third kappa shape index (κ3) is 1.90. The molecular formula is C30H28N2O2. The number of carbonyl (C=O) groups is 1. The van der Waals surface area contributed by atoms with Gasteiger partial charge in [-0.1, -0.05) is 56.3 Å². The Kier molecular flexibility index (Phi) is 3.25. The summed E-state index contributed by atoms with van der Waals surface area (Å²) in [6, 6.07) is 17.4. The Balaban J connectivity index is 1.70. The minimum Gasteiger partial charge on any atom is -0.348 e. The van der Waals surface area contributed by atoms with Gasteiger partial charge in [0, 0.05) is 23.2 Å². The van der Waals surface area contributed by atoms with Gasteiger partial charge >= 0.3 is 0 Å². The number of carbonyl (C=O) groups excluding carboxylic acids is 1. The molecule has 3 aromatic carbocycles. The topological polar surface area (TPSA) is 43.3 Å². The predicted octanol–water partition coefficient (Wildman–Crippen LogP) is 6.29. The van der Waals surface area contributed by atoms with Crippen LogP contribution in [0, 0.1) is 11.8 Å². The van der Waals surface area contributed by atoms with E-state index in [1.807, 2.05) is 0 Å². The van der Waals surface area contributed by atoms with Crippen molar-refractivity contribution >= 4 is 27.7 Å². The van der Waals surface area contributed by atoms with Crippen LogP contribution in [0.4, 0.5) is 0 Å². The molecule has 0 saturated carbocycles. The summed E-state index contributed by atoms with van der Waals surface area (Å²) in [7, 11) is 0. The number of hydrogen-bond donors (Lipinski definition) is 1. The summed E-state index contributed by atoms with van der Waals surface area (Å²) < 4.78 is 9.83. The maximum atomic E-state index is 13.4. The molecule has 0 spiro atoms. The third-order valence-corrected chi connectivity index (χ3v) is 9.68. The zero-order valence-electron chi connectivity index (χ0n) is 20.0. The standard InChI is InChI=1S/C30H28N2O2/c1-15-13-29(3)32-21-12-8-7-11-19(21)23-24-20(14-31-28(24)33)22-17-9-5-6-10-18(17)26(25(22)27(23)32)30(4,34-29)16(15)2/h5-12,15-16,26H,13-14H2,1-4H3,(H,31,33)/t15-,16-,26?,29+,30-/m0/s1. The van der Waals surface area contributed by atoms with Gasteiger partial charge in [0.15, 0.2) is 0 Å². The summed E-state index contributed by atoms with van der Waals surface area (Å²) in [6.07, 6.45) is 0.948. The second kappa shape index (κ2) is 5.75. The molecule has 4 aromatic rings. The lowest BCUT2D eigenvalue weighted by molar-refractivity contribution is -0.252.